The highest BCUT2D eigenvalue weighted by Gasteiger charge is 2.18. The Morgan fingerprint density at radius 1 is 0.750 bits per heavy atom. The van der Waals surface area contributed by atoms with Crippen molar-refractivity contribution in [1.82, 2.24) is 25.6 Å². The third-order valence-corrected chi connectivity index (χ3v) is 4.89. The van der Waals surface area contributed by atoms with Gasteiger partial charge in [-0.15, -0.1) is 13.2 Å². The number of rotatable bonds is 10. The maximum Gasteiger partial charge on any atom is 0.253 e. The van der Waals surface area contributed by atoms with E-state index in [2.05, 4.69) is 38.7 Å². The molecule has 0 saturated heterocycles. The topological polar surface area (TPSA) is 96.9 Å². The molecular formula is C25H25N5O2. The first-order valence-corrected chi connectivity index (χ1v) is 10.2. The number of carbonyl (C=O) groups excluding carboxylic acids is 2. The number of pyridine rings is 3. The fraction of sp³-hybridized carbons (Fsp3) is 0.160. The molecule has 162 valence electrons. The van der Waals surface area contributed by atoms with Crippen LogP contribution in [0, 0.1) is 0 Å². The zero-order valence-electron chi connectivity index (χ0n) is 17.6. The van der Waals surface area contributed by atoms with Crippen molar-refractivity contribution in [2.45, 2.75) is 24.9 Å². The van der Waals surface area contributed by atoms with Crippen molar-refractivity contribution >= 4 is 11.8 Å². The smallest absolute Gasteiger partial charge is 0.253 e. The van der Waals surface area contributed by atoms with Gasteiger partial charge in [0.1, 0.15) is 0 Å². The molecule has 0 aromatic carbocycles. The van der Waals surface area contributed by atoms with Crippen LogP contribution in [-0.2, 0) is 0 Å². The first kappa shape index (κ1) is 22.6. The predicted molar refractivity (Wildman–Crippen MR) is 123 cm³/mol. The monoisotopic (exact) mass is 427 g/mol. The summed E-state index contributed by atoms with van der Waals surface area (Å²) in [6, 6.07) is 8.39. The zero-order chi connectivity index (χ0) is 22.8. The first-order chi connectivity index (χ1) is 15.6. The molecule has 2 atom stereocenters. The van der Waals surface area contributed by atoms with E-state index in [9.17, 15) is 9.59 Å². The van der Waals surface area contributed by atoms with Crippen molar-refractivity contribution in [3.05, 3.63) is 115 Å². The number of amides is 2. The van der Waals surface area contributed by atoms with E-state index >= 15 is 0 Å². The number of hydrogen-bond acceptors (Lipinski definition) is 5. The fourth-order valence-electron chi connectivity index (χ4n) is 3.25. The second-order valence-corrected chi connectivity index (χ2v) is 7.12. The minimum Gasteiger partial charge on any atom is -0.345 e. The van der Waals surface area contributed by atoms with Crippen molar-refractivity contribution in [2.75, 3.05) is 0 Å². The molecule has 0 fully saturated rings. The van der Waals surface area contributed by atoms with Crippen molar-refractivity contribution in [1.29, 1.82) is 0 Å². The Kier molecular flexibility index (Phi) is 7.97. The maximum absolute atomic E-state index is 12.9. The van der Waals surface area contributed by atoms with E-state index in [1.165, 1.54) is 18.5 Å². The molecule has 7 heteroatoms. The molecule has 3 rings (SSSR count). The minimum absolute atomic E-state index is 0.260. The molecule has 0 bridgehead atoms. The quantitative estimate of drug-likeness (QED) is 0.477. The van der Waals surface area contributed by atoms with Crippen LogP contribution in [0.4, 0.5) is 0 Å². The van der Waals surface area contributed by atoms with E-state index in [0.717, 1.165) is 11.1 Å². The molecule has 3 aromatic rings. The Balaban J connectivity index is 1.74. The van der Waals surface area contributed by atoms with E-state index < -0.39 is 0 Å². The van der Waals surface area contributed by atoms with Crippen molar-refractivity contribution < 1.29 is 9.59 Å². The number of hydrogen-bond donors (Lipinski definition) is 2. The van der Waals surface area contributed by atoms with Gasteiger partial charge in [0.15, 0.2) is 0 Å². The van der Waals surface area contributed by atoms with Gasteiger partial charge in [-0.3, -0.25) is 24.5 Å². The molecule has 0 aliphatic rings. The summed E-state index contributed by atoms with van der Waals surface area (Å²) in [4.78, 5) is 37.9. The van der Waals surface area contributed by atoms with Crippen LogP contribution in [0.15, 0.2) is 92.8 Å². The minimum atomic E-state index is -0.326. The Bertz CT molecular complexity index is 987. The molecule has 3 heterocycles. The largest absolute Gasteiger partial charge is 0.345 e. The van der Waals surface area contributed by atoms with E-state index in [4.69, 9.17) is 0 Å². The van der Waals surface area contributed by atoms with Crippen molar-refractivity contribution in [2.24, 2.45) is 0 Å². The average molecular weight is 428 g/mol. The molecule has 0 spiro atoms. The SMILES string of the molecule is C=CCC(NC(=O)c1cncc(C(=O)NC(CC=C)c2ccncc2)c1)c1ccncc1. The van der Waals surface area contributed by atoms with Gasteiger partial charge in [0.2, 0.25) is 0 Å². The second kappa shape index (κ2) is 11.3. The van der Waals surface area contributed by atoms with Crippen LogP contribution in [-0.4, -0.2) is 26.8 Å². The Morgan fingerprint density at radius 3 is 1.53 bits per heavy atom. The number of carbonyl (C=O) groups is 2. The summed E-state index contributed by atoms with van der Waals surface area (Å²) in [5, 5.41) is 5.95. The third-order valence-electron chi connectivity index (χ3n) is 4.89. The van der Waals surface area contributed by atoms with Crippen LogP contribution in [0.1, 0.15) is 56.8 Å². The maximum atomic E-state index is 12.9. The molecule has 2 N–H and O–H groups in total. The van der Waals surface area contributed by atoms with E-state index in [0.29, 0.717) is 24.0 Å². The molecule has 2 amide bonds. The number of nitrogens with one attached hydrogen (secondary N) is 2. The van der Waals surface area contributed by atoms with E-state index in [1.807, 2.05) is 24.3 Å². The summed E-state index contributed by atoms with van der Waals surface area (Å²) >= 11 is 0. The van der Waals surface area contributed by atoms with Gasteiger partial charge in [-0.2, -0.15) is 0 Å². The Hall–Kier alpha value is -4.13. The van der Waals surface area contributed by atoms with Crippen molar-refractivity contribution in [3.8, 4) is 0 Å². The summed E-state index contributed by atoms with van der Waals surface area (Å²) in [6.45, 7) is 7.54. The summed E-state index contributed by atoms with van der Waals surface area (Å²) in [7, 11) is 0. The standard InChI is InChI=1S/C25H25N5O2/c1-3-5-22(18-7-11-26-12-8-18)29-24(31)20-15-21(17-28-16-20)25(32)30-23(6-4-2)19-9-13-27-14-10-19/h3-4,7-17,22-23H,1-2,5-6H2,(H,29,31)(H,30,32). The van der Waals surface area contributed by atoms with Crippen LogP contribution >= 0.6 is 0 Å². The van der Waals surface area contributed by atoms with Crippen molar-refractivity contribution in [3.63, 3.8) is 0 Å². The van der Waals surface area contributed by atoms with Gasteiger partial charge in [0.05, 0.1) is 23.2 Å². The lowest BCUT2D eigenvalue weighted by Gasteiger charge is -2.19. The fourth-order valence-corrected chi connectivity index (χ4v) is 3.25. The lowest BCUT2D eigenvalue weighted by Crippen LogP contribution is -2.30. The van der Waals surface area contributed by atoms with Gasteiger partial charge in [0.25, 0.3) is 11.8 Å². The highest BCUT2D eigenvalue weighted by Crippen LogP contribution is 2.19. The van der Waals surface area contributed by atoms with Gasteiger partial charge in [-0.05, 0) is 54.3 Å². The summed E-state index contributed by atoms with van der Waals surface area (Å²) in [5.41, 5.74) is 2.43. The highest BCUT2D eigenvalue weighted by atomic mass is 16.2. The van der Waals surface area contributed by atoms with Gasteiger partial charge in [-0.1, -0.05) is 12.2 Å². The van der Waals surface area contributed by atoms with Crippen LogP contribution in [0.5, 0.6) is 0 Å². The van der Waals surface area contributed by atoms with Gasteiger partial charge >= 0.3 is 0 Å². The summed E-state index contributed by atoms with van der Waals surface area (Å²) < 4.78 is 0. The molecule has 3 aromatic heterocycles. The predicted octanol–water partition coefficient (Wildman–Crippen LogP) is 3.97. The normalized spacial score (nSPS) is 12.2. The zero-order valence-corrected chi connectivity index (χ0v) is 17.6. The molecule has 32 heavy (non-hydrogen) atoms. The van der Waals surface area contributed by atoms with Gasteiger partial charge in [0, 0.05) is 37.2 Å². The lowest BCUT2D eigenvalue weighted by atomic mass is 10.0. The molecule has 2 unspecified atom stereocenters. The molecule has 7 nitrogen and oxygen atoms in total. The van der Waals surface area contributed by atoms with Crippen LogP contribution in [0.2, 0.25) is 0 Å². The van der Waals surface area contributed by atoms with Gasteiger partial charge in [-0.25, -0.2) is 0 Å². The second-order valence-electron chi connectivity index (χ2n) is 7.12. The average Bonchev–Trinajstić information content (AvgIpc) is 2.84. The molecular weight excluding hydrogens is 402 g/mol. The highest BCUT2D eigenvalue weighted by molar-refractivity contribution is 5.99. The van der Waals surface area contributed by atoms with Crippen LogP contribution in [0.3, 0.4) is 0 Å². The Labute approximate surface area is 187 Å². The van der Waals surface area contributed by atoms with Crippen LogP contribution in [0.25, 0.3) is 0 Å². The van der Waals surface area contributed by atoms with Crippen LogP contribution < -0.4 is 10.6 Å². The molecule has 0 radical (unpaired) electrons. The number of aromatic nitrogens is 3. The first-order valence-electron chi connectivity index (χ1n) is 10.2. The lowest BCUT2D eigenvalue weighted by molar-refractivity contribution is 0.0936. The summed E-state index contributed by atoms with van der Waals surface area (Å²) in [5.74, 6) is -0.653. The molecule has 0 saturated carbocycles. The molecule has 0 aliphatic carbocycles. The van der Waals surface area contributed by atoms with E-state index in [1.54, 1.807) is 36.9 Å². The van der Waals surface area contributed by atoms with Gasteiger partial charge < -0.3 is 10.6 Å². The molecule has 0 aliphatic heterocycles. The summed E-state index contributed by atoms with van der Waals surface area (Å²) in [6.07, 6.45) is 14.2. The third kappa shape index (κ3) is 5.95. The Morgan fingerprint density at radius 2 is 1.16 bits per heavy atom. The van der Waals surface area contributed by atoms with E-state index in [-0.39, 0.29) is 23.9 Å². The number of nitrogens with zero attached hydrogens (tertiary/aromatic N) is 3.